The molecule has 14 heavy (non-hydrogen) atoms. The number of benzene rings is 1. The second-order valence-electron chi connectivity index (χ2n) is 3.64. The molecule has 1 aliphatic carbocycles. The normalized spacial score (nSPS) is 19.1. The molecule has 1 aromatic carbocycles. The standard InChI is InChI=1S/C11H14N2O/c1-13-11(14)8-2-4-9-7(6-8)3-5-10(9)12/h2,4,6,10H,3,5,12H2,1H3,(H,13,14)/t10-/m0/s1. The van der Waals surface area contributed by atoms with Gasteiger partial charge in [-0.25, -0.2) is 0 Å². The lowest BCUT2D eigenvalue weighted by atomic mass is 10.0. The zero-order valence-electron chi connectivity index (χ0n) is 8.21. The maximum atomic E-state index is 11.4. The first-order valence-corrected chi connectivity index (χ1v) is 4.83. The number of carbonyl (C=O) groups excluding carboxylic acids is 1. The SMILES string of the molecule is CNC(=O)c1ccc2c(c1)CC[C@@H]2N. The van der Waals surface area contributed by atoms with Crippen LogP contribution in [0.4, 0.5) is 0 Å². The van der Waals surface area contributed by atoms with E-state index < -0.39 is 0 Å². The Morgan fingerprint density at radius 3 is 3.07 bits per heavy atom. The van der Waals surface area contributed by atoms with Crippen LogP contribution in [0.25, 0.3) is 0 Å². The van der Waals surface area contributed by atoms with E-state index in [1.807, 2.05) is 18.2 Å². The Balaban J connectivity index is 2.37. The number of carbonyl (C=O) groups is 1. The molecular formula is C11H14N2O. The van der Waals surface area contributed by atoms with Gasteiger partial charge in [0.15, 0.2) is 0 Å². The van der Waals surface area contributed by atoms with Crippen molar-refractivity contribution >= 4 is 5.91 Å². The van der Waals surface area contributed by atoms with Gasteiger partial charge in [0.2, 0.25) is 0 Å². The molecule has 0 aromatic heterocycles. The average Bonchev–Trinajstić information content (AvgIpc) is 2.59. The third kappa shape index (κ3) is 1.40. The molecule has 2 rings (SSSR count). The van der Waals surface area contributed by atoms with Crippen molar-refractivity contribution in [2.24, 2.45) is 5.73 Å². The monoisotopic (exact) mass is 190 g/mol. The summed E-state index contributed by atoms with van der Waals surface area (Å²) in [6, 6.07) is 5.91. The highest BCUT2D eigenvalue weighted by Gasteiger charge is 2.19. The number of fused-ring (bicyclic) bond motifs is 1. The maximum absolute atomic E-state index is 11.4. The highest BCUT2D eigenvalue weighted by atomic mass is 16.1. The summed E-state index contributed by atoms with van der Waals surface area (Å²) < 4.78 is 0. The molecular weight excluding hydrogens is 176 g/mol. The predicted molar refractivity (Wildman–Crippen MR) is 55.1 cm³/mol. The first-order valence-electron chi connectivity index (χ1n) is 4.83. The summed E-state index contributed by atoms with van der Waals surface area (Å²) in [6.45, 7) is 0. The third-order valence-corrected chi connectivity index (χ3v) is 2.76. The minimum atomic E-state index is -0.0340. The van der Waals surface area contributed by atoms with Crippen molar-refractivity contribution in [3.8, 4) is 0 Å². The average molecular weight is 190 g/mol. The molecule has 3 N–H and O–H groups in total. The molecule has 0 bridgehead atoms. The van der Waals surface area contributed by atoms with Gasteiger partial charge in [0.1, 0.15) is 0 Å². The molecule has 3 nitrogen and oxygen atoms in total. The fraction of sp³-hybridized carbons (Fsp3) is 0.364. The second kappa shape index (κ2) is 3.42. The van der Waals surface area contributed by atoms with Crippen LogP contribution in [0.3, 0.4) is 0 Å². The lowest BCUT2D eigenvalue weighted by Gasteiger charge is -2.06. The van der Waals surface area contributed by atoms with Gasteiger partial charge in [-0.2, -0.15) is 0 Å². The van der Waals surface area contributed by atoms with Crippen LogP contribution in [-0.4, -0.2) is 13.0 Å². The van der Waals surface area contributed by atoms with Crippen LogP contribution in [-0.2, 0) is 6.42 Å². The lowest BCUT2D eigenvalue weighted by Crippen LogP contribution is -2.18. The number of nitrogens with one attached hydrogen (secondary N) is 1. The van der Waals surface area contributed by atoms with Crippen molar-refractivity contribution in [1.29, 1.82) is 0 Å². The minimum Gasteiger partial charge on any atom is -0.355 e. The van der Waals surface area contributed by atoms with E-state index in [1.165, 1.54) is 11.1 Å². The number of rotatable bonds is 1. The minimum absolute atomic E-state index is 0.0340. The molecule has 1 aromatic rings. The highest BCUT2D eigenvalue weighted by molar-refractivity contribution is 5.94. The van der Waals surface area contributed by atoms with Crippen LogP contribution in [0.2, 0.25) is 0 Å². The van der Waals surface area contributed by atoms with Gasteiger partial charge in [0.25, 0.3) is 5.91 Å². The summed E-state index contributed by atoms with van der Waals surface area (Å²) >= 11 is 0. The zero-order chi connectivity index (χ0) is 10.1. The largest absolute Gasteiger partial charge is 0.355 e. The summed E-state index contributed by atoms with van der Waals surface area (Å²) in [5.41, 5.74) is 9.04. The van der Waals surface area contributed by atoms with Crippen molar-refractivity contribution in [2.75, 3.05) is 7.05 Å². The van der Waals surface area contributed by atoms with Crippen molar-refractivity contribution in [3.63, 3.8) is 0 Å². The fourth-order valence-electron chi connectivity index (χ4n) is 1.94. The summed E-state index contributed by atoms with van der Waals surface area (Å²) in [6.07, 6.45) is 1.98. The van der Waals surface area contributed by atoms with E-state index in [0.29, 0.717) is 0 Å². The van der Waals surface area contributed by atoms with Crippen LogP contribution in [0, 0.1) is 0 Å². The summed E-state index contributed by atoms with van der Waals surface area (Å²) in [4.78, 5) is 11.4. The van der Waals surface area contributed by atoms with Gasteiger partial charge >= 0.3 is 0 Å². The number of aryl methyl sites for hydroxylation is 1. The third-order valence-electron chi connectivity index (χ3n) is 2.76. The van der Waals surface area contributed by atoms with Crippen molar-refractivity contribution < 1.29 is 4.79 Å². The van der Waals surface area contributed by atoms with E-state index in [4.69, 9.17) is 5.73 Å². The van der Waals surface area contributed by atoms with E-state index in [2.05, 4.69) is 5.32 Å². The molecule has 1 amide bonds. The molecule has 0 radical (unpaired) electrons. The van der Waals surface area contributed by atoms with Crippen molar-refractivity contribution in [3.05, 3.63) is 34.9 Å². The molecule has 1 aliphatic rings. The molecule has 3 heteroatoms. The van der Waals surface area contributed by atoms with Crippen LogP contribution in [0.5, 0.6) is 0 Å². The Labute approximate surface area is 83.3 Å². The topological polar surface area (TPSA) is 55.1 Å². The van der Waals surface area contributed by atoms with Gasteiger partial charge in [0.05, 0.1) is 0 Å². The van der Waals surface area contributed by atoms with Gasteiger partial charge in [-0.1, -0.05) is 6.07 Å². The van der Waals surface area contributed by atoms with Crippen molar-refractivity contribution in [1.82, 2.24) is 5.32 Å². The van der Waals surface area contributed by atoms with E-state index in [1.54, 1.807) is 7.05 Å². The molecule has 0 spiro atoms. The van der Waals surface area contributed by atoms with Crippen LogP contribution in [0.15, 0.2) is 18.2 Å². The smallest absolute Gasteiger partial charge is 0.251 e. The molecule has 74 valence electrons. The van der Waals surface area contributed by atoms with Gasteiger partial charge in [0, 0.05) is 18.7 Å². The van der Waals surface area contributed by atoms with E-state index >= 15 is 0 Å². The molecule has 1 atom stereocenters. The Morgan fingerprint density at radius 1 is 1.57 bits per heavy atom. The summed E-state index contributed by atoms with van der Waals surface area (Å²) in [7, 11) is 1.64. The summed E-state index contributed by atoms with van der Waals surface area (Å²) in [5.74, 6) is -0.0340. The first kappa shape index (κ1) is 9.21. The Hall–Kier alpha value is -1.35. The molecule has 0 saturated heterocycles. The van der Waals surface area contributed by atoms with Gasteiger partial charge in [-0.3, -0.25) is 4.79 Å². The zero-order valence-corrected chi connectivity index (χ0v) is 8.21. The first-order chi connectivity index (χ1) is 6.72. The Morgan fingerprint density at radius 2 is 2.36 bits per heavy atom. The van der Waals surface area contributed by atoms with Crippen LogP contribution >= 0.6 is 0 Å². The van der Waals surface area contributed by atoms with E-state index in [0.717, 1.165) is 18.4 Å². The number of hydrogen-bond acceptors (Lipinski definition) is 2. The molecule has 0 saturated carbocycles. The summed E-state index contributed by atoms with van der Waals surface area (Å²) in [5, 5.41) is 2.61. The number of amides is 1. The molecule has 0 aliphatic heterocycles. The quantitative estimate of drug-likeness (QED) is 0.694. The lowest BCUT2D eigenvalue weighted by molar-refractivity contribution is 0.0963. The molecule has 0 heterocycles. The van der Waals surface area contributed by atoms with Gasteiger partial charge in [-0.05, 0) is 36.1 Å². The number of nitrogens with two attached hydrogens (primary N) is 1. The number of hydrogen-bond donors (Lipinski definition) is 2. The van der Waals surface area contributed by atoms with Crippen LogP contribution in [0.1, 0.15) is 33.9 Å². The molecule has 0 fully saturated rings. The fourth-order valence-corrected chi connectivity index (χ4v) is 1.94. The Kier molecular flexibility index (Phi) is 2.25. The van der Waals surface area contributed by atoms with Gasteiger partial charge < -0.3 is 11.1 Å². The highest BCUT2D eigenvalue weighted by Crippen LogP contribution is 2.29. The Bertz CT molecular complexity index is 374. The van der Waals surface area contributed by atoms with Crippen molar-refractivity contribution in [2.45, 2.75) is 18.9 Å². The van der Waals surface area contributed by atoms with E-state index in [-0.39, 0.29) is 11.9 Å². The maximum Gasteiger partial charge on any atom is 0.251 e. The van der Waals surface area contributed by atoms with Gasteiger partial charge in [-0.15, -0.1) is 0 Å². The van der Waals surface area contributed by atoms with E-state index in [9.17, 15) is 4.79 Å². The second-order valence-corrected chi connectivity index (χ2v) is 3.64. The molecule has 0 unspecified atom stereocenters. The van der Waals surface area contributed by atoms with Crippen LogP contribution < -0.4 is 11.1 Å². The predicted octanol–water partition coefficient (Wildman–Crippen LogP) is 0.992.